The van der Waals surface area contributed by atoms with Gasteiger partial charge in [0.1, 0.15) is 0 Å². The maximum atomic E-state index is 12.7. The fourth-order valence-corrected chi connectivity index (χ4v) is 4.31. The van der Waals surface area contributed by atoms with Gasteiger partial charge in [-0.1, -0.05) is 12.1 Å². The lowest BCUT2D eigenvalue weighted by atomic mass is 9.77. The van der Waals surface area contributed by atoms with Gasteiger partial charge in [0.05, 0.1) is 0 Å². The molecule has 5 nitrogen and oxygen atoms in total. The van der Waals surface area contributed by atoms with Gasteiger partial charge in [-0.05, 0) is 54.8 Å². The van der Waals surface area contributed by atoms with Crippen LogP contribution in [0, 0.1) is 5.41 Å². The average molecular weight is 327 g/mol. The van der Waals surface area contributed by atoms with E-state index in [1.165, 1.54) is 12.0 Å². The highest BCUT2D eigenvalue weighted by atomic mass is 16.2. The van der Waals surface area contributed by atoms with E-state index in [9.17, 15) is 9.59 Å². The van der Waals surface area contributed by atoms with E-state index in [2.05, 4.69) is 22.8 Å². The van der Waals surface area contributed by atoms with Crippen LogP contribution in [0.1, 0.15) is 47.5 Å². The first-order chi connectivity index (χ1) is 11.7. The molecule has 0 bridgehead atoms. The molecule has 3 fully saturated rings. The number of nitrogens with zero attached hydrogens (tertiary/aromatic N) is 1. The number of hydrogen-bond donors (Lipinski definition) is 2. The molecule has 3 saturated heterocycles. The topological polar surface area (TPSA) is 61.4 Å². The SMILES string of the molecule is O=C1CC2(CCN(C(=O)c3ccc([C@H]4CCNC4)cc3)CC2)CN1. The minimum Gasteiger partial charge on any atom is -0.356 e. The van der Waals surface area contributed by atoms with Gasteiger partial charge in [-0.25, -0.2) is 0 Å². The van der Waals surface area contributed by atoms with E-state index in [1.54, 1.807) is 0 Å². The molecule has 0 aliphatic carbocycles. The van der Waals surface area contributed by atoms with Crippen molar-refractivity contribution in [2.45, 2.75) is 31.6 Å². The van der Waals surface area contributed by atoms with Crippen LogP contribution >= 0.6 is 0 Å². The van der Waals surface area contributed by atoms with Crippen LogP contribution in [0.15, 0.2) is 24.3 Å². The molecule has 5 heteroatoms. The number of likely N-dealkylation sites (tertiary alicyclic amines) is 1. The highest BCUT2D eigenvalue weighted by molar-refractivity contribution is 5.94. The minimum atomic E-state index is 0.0905. The number of carbonyl (C=O) groups excluding carboxylic acids is 2. The molecular formula is C19H25N3O2. The van der Waals surface area contributed by atoms with Crippen molar-refractivity contribution in [2.75, 3.05) is 32.7 Å². The van der Waals surface area contributed by atoms with Gasteiger partial charge >= 0.3 is 0 Å². The fraction of sp³-hybridized carbons (Fsp3) is 0.579. The Kier molecular flexibility index (Phi) is 4.04. The van der Waals surface area contributed by atoms with Gasteiger partial charge in [-0.2, -0.15) is 0 Å². The summed E-state index contributed by atoms with van der Waals surface area (Å²) in [5.41, 5.74) is 2.19. The van der Waals surface area contributed by atoms with Gasteiger partial charge < -0.3 is 15.5 Å². The zero-order valence-corrected chi connectivity index (χ0v) is 14.0. The van der Waals surface area contributed by atoms with Gasteiger partial charge in [-0.15, -0.1) is 0 Å². The van der Waals surface area contributed by atoms with Gasteiger partial charge in [0, 0.05) is 38.2 Å². The molecule has 4 rings (SSSR count). The first kappa shape index (κ1) is 15.6. The molecule has 0 unspecified atom stereocenters. The maximum absolute atomic E-state index is 12.7. The molecule has 2 amide bonds. The lowest BCUT2D eigenvalue weighted by molar-refractivity contribution is -0.119. The molecule has 2 N–H and O–H groups in total. The largest absolute Gasteiger partial charge is 0.356 e. The minimum absolute atomic E-state index is 0.0905. The molecule has 1 atom stereocenters. The van der Waals surface area contributed by atoms with Gasteiger partial charge in [-0.3, -0.25) is 9.59 Å². The van der Waals surface area contributed by atoms with Gasteiger partial charge in [0.15, 0.2) is 0 Å². The second-order valence-electron chi connectivity index (χ2n) is 7.56. The van der Waals surface area contributed by atoms with Crippen LogP contribution in [-0.2, 0) is 4.79 Å². The van der Waals surface area contributed by atoms with Crippen molar-refractivity contribution in [2.24, 2.45) is 5.41 Å². The van der Waals surface area contributed by atoms with Crippen molar-refractivity contribution in [3.8, 4) is 0 Å². The smallest absolute Gasteiger partial charge is 0.253 e. The molecule has 1 aromatic carbocycles. The van der Waals surface area contributed by atoms with Gasteiger partial charge in [0.25, 0.3) is 5.91 Å². The van der Waals surface area contributed by atoms with E-state index in [1.807, 2.05) is 17.0 Å². The lowest BCUT2D eigenvalue weighted by Crippen LogP contribution is -2.44. The van der Waals surface area contributed by atoms with Crippen molar-refractivity contribution >= 4 is 11.8 Å². The normalized spacial score (nSPS) is 25.9. The number of piperidine rings is 1. The highest BCUT2D eigenvalue weighted by Gasteiger charge is 2.41. The number of rotatable bonds is 2. The first-order valence-corrected chi connectivity index (χ1v) is 9.02. The van der Waals surface area contributed by atoms with Crippen LogP contribution in [0.2, 0.25) is 0 Å². The molecule has 1 spiro atoms. The molecule has 0 radical (unpaired) electrons. The highest BCUT2D eigenvalue weighted by Crippen LogP contribution is 2.37. The zero-order chi connectivity index (χ0) is 16.6. The Morgan fingerprint density at radius 2 is 1.92 bits per heavy atom. The van der Waals surface area contributed by atoms with Gasteiger partial charge in [0.2, 0.25) is 5.91 Å². The molecule has 0 saturated carbocycles. The molecule has 3 aliphatic heterocycles. The summed E-state index contributed by atoms with van der Waals surface area (Å²) in [7, 11) is 0. The number of nitrogens with one attached hydrogen (secondary N) is 2. The molecule has 3 aliphatic rings. The molecule has 0 aromatic heterocycles. The molecule has 3 heterocycles. The average Bonchev–Trinajstić information content (AvgIpc) is 3.26. The maximum Gasteiger partial charge on any atom is 0.253 e. The molecule has 128 valence electrons. The second kappa shape index (κ2) is 6.20. The Labute approximate surface area is 142 Å². The third-order valence-corrected chi connectivity index (χ3v) is 6.00. The molecule has 24 heavy (non-hydrogen) atoms. The zero-order valence-electron chi connectivity index (χ0n) is 14.0. The summed E-state index contributed by atoms with van der Waals surface area (Å²) in [5.74, 6) is 0.862. The summed E-state index contributed by atoms with van der Waals surface area (Å²) in [6, 6.07) is 8.16. The van der Waals surface area contributed by atoms with Crippen molar-refractivity contribution in [1.29, 1.82) is 0 Å². The summed E-state index contributed by atoms with van der Waals surface area (Å²) in [5, 5.41) is 6.32. The van der Waals surface area contributed by atoms with Crippen molar-refractivity contribution in [1.82, 2.24) is 15.5 Å². The monoisotopic (exact) mass is 327 g/mol. The Morgan fingerprint density at radius 3 is 2.50 bits per heavy atom. The Balaban J connectivity index is 1.38. The summed E-state index contributed by atoms with van der Waals surface area (Å²) >= 11 is 0. The number of benzene rings is 1. The van der Waals surface area contributed by atoms with Crippen LogP contribution in [0.5, 0.6) is 0 Å². The third kappa shape index (κ3) is 2.93. The summed E-state index contributed by atoms with van der Waals surface area (Å²) < 4.78 is 0. The van der Waals surface area contributed by atoms with Crippen molar-refractivity contribution in [3.05, 3.63) is 35.4 Å². The van der Waals surface area contributed by atoms with Crippen LogP contribution in [-0.4, -0.2) is 49.4 Å². The Morgan fingerprint density at radius 1 is 1.17 bits per heavy atom. The third-order valence-electron chi connectivity index (χ3n) is 6.00. The predicted octanol–water partition coefficient (Wildman–Crippen LogP) is 1.51. The summed E-state index contributed by atoms with van der Waals surface area (Å²) in [6.07, 6.45) is 3.64. The van der Waals surface area contributed by atoms with E-state index in [4.69, 9.17) is 0 Å². The Hall–Kier alpha value is -1.88. The molecular weight excluding hydrogens is 302 g/mol. The standard InChI is InChI=1S/C19H25N3O2/c23-17-11-19(13-21-17)6-9-22(10-7-19)18(24)15-3-1-14(2-4-15)16-5-8-20-12-16/h1-4,16,20H,5-13H2,(H,21,23)/t16-/m0/s1. The van der Waals surface area contributed by atoms with Crippen LogP contribution in [0.4, 0.5) is 0 Å². The van der Waals surface area contributed by atoms with E-state index in [0.717, 1.165) is 51.1 Å². The lowest BCUT2D eigenvalue weighted by Gasteiger charge is -2.38. The predicted molar refractivity (Wildman–Crippen MR) is 91.9 cm³/mol. The number of hydrogen-bond acceptors (Lipinski definition) is 3. The second-order valence-corrected chi connectivity index (χ2v) is 7.56. The first-order valence-electron chi connectivity index (χ1n) is 9.02. The van der Waals surface area contributed by atoms with Crippen molar-refractivity contribution < 1.29 is 9.59 Å². The van der Waals surface area contributed by atoms with E-state index >= 15 is 0 Å². The van der Waals surface area contributed by atoms with E-state index in [0.29, 0.717) is 12.3 Å². The summed E-state index contributed by atoms with van der Waals surface area (Å²) in [4.78, 5) is 26.2. The summed E-state index contributed by atoms with van der Waals surface area (Å²) in [6.45, 7) is 4.40. The van der Waals surface area contributed by atoms with Crippen LogP contribution in [0.3, 0.4) is 0 Å². The Bertz CT molecular complexity index is 627. The quantitative estimate of drug-likeness (QED) is 0.865. The van der Waals surface area contributed by atoms with Crippen LogP contribution in [0.25, 0.3) is 0 Å². The van der Waals surface area contributed by atoms with E-state index < -0.39 is 0 Å². The van der Waals surface area contributed by atoms with Crippen molar-refractivity contribution in [3.63, 3.8) is 0 Å². The van der Waals surface area contributed by atoms with E-state index in [-0.39, 0.29) is 17.2 Å². The number of carbonyl (C=O) groups is 2. The number of amides is 2. The van der Waals surface area contributed by atoms with Crippen LogP contribution < -0.4 is 10.6 Å². The molecule has 1 aromatic rings. The fourth-order valence-electron chi connectivity index (χ4n) is 4.31.